The van der Waals surface area contributed by atoms with E-state index in [1.807, 2.05) is 13.8 Å². The molecule has 1 nitrogen and oxygen atoms in total. The molecule has 14 heavy (non-hydrogen) atoms. The van der Waals surface area contributed by atoms with Crippen LogP contribution in [0.5, 0.6) is 0 Å². The van der Waals surface area contributed by atoms with Crippen molar-refractivity contribution in [1.29, 1.82) is 0 Å². The Balaban J connectivity index is 0.000000461. The van der Waals surface area contributed by atoms with E-state index >= 15 is 0 Å². The van der Waals surface area contributed by atoms with Crippen LogP contribution in [-0.2, 0) is 6.42 Å². The Bertz CT molecular complexity index is 243. The molecule has 0 radical (unpaired) electrons. The fourth-order valence-electron chi connectivity index (χ4n) is 1.71. The molecule has 78 valence electrons. The lowest BCUT2D eigenvalue weighted by atomic mass is 9.96. The second-order valence-corrected chi connectivity index (χ2v) is 3.61. The summed E-state index contributed by atoms with van der Waals surface area (Å²) in [5, 5.41) is 0. The van der Waals surface area contributed by atoms with Crippen LogP contribution >= 0.6 is 0 Å². The molecule has 2 rings (SSSR count). The maximum Gasteiger partial charge on any atom is 0.0145 e. The number of likely N-dealkylation sites (tertiary alicyclic amines) is 1. The lowest BCUT2D eigenvalue weighted by Gasteiger charge is -2.38. The van der Waals surface area contributed by atoms with Crippen molar-refractivity contribution in [3.63, 3.8) is 0 Å². The fourth-order valence-corrected chi connectivity index (χ4v) is 1.71. The van der Waals surface area contributed by atoms with E-state index in [9.17, 15) is 0 Å². The molecule has 1 atom stereocenters. The third kappa shape index (κ3) is 2.85. The van der Waals surface area contributed by atoms with Gasteiger partial charge in [0.15, 0.2) is 0 Å². The highest BCUT2D eigenvalue weighted by molar-refractivity contribution is 5.16. The second-order valence-electron chi connectivity index (χ2n) is 3.61. The Morgan fingerprint density at radius 1 is 1.21 bits per heavy atom. The van der Waals surface area contributed by atoms with Gasteiger partial charge in [-0.3, -0.25) is 0 Å². The molecule has 0 N–H and O–H groups in total. The van der Waals surface area contributed by atoms with Crippen LogP contribution in [0.4, 0.5) is 0 Å². The van der Waals surface area contributed by atoms with Crippen molar-refractivity contribution in [3.8, 4) is 0 Å². The summed E-state index contributed by atoms with van der Waals surface area (Å²) in [5.74, 6) is 0. The molecule has 0 aliphatic carbocycles. The summed E-state index contributed by atoms with van der Waals surface area (Å²) < 4.78 is 0. The summed E-state index contributed by atoms with van der Waals surface area (Å²) in [6.45, 7) is 5.28. The Morgan fingerprint density at radius 2 is 1.86 bits per heavy atom. The van der Waals surface area contributed by atoms with Crippen molar-refractivity contribution in [2.24, 2.45) is 0 Å². The Kier molecular flexibility index (Phi) is 4.68. The van der Waals surface area contributed by atoms with Crippen molar-refractivity contribution in [1.82, 2.24) is 4.90 Å². The zero-order chi connectivity index (χ0) is 10.4. The number of hydrogen-bond acceptors (Lipinski definition) is 1. The number of likely N-dealkylation sites (N-methyl/N-ethyl adjacent to an activating group) is 1. The monoisotopic (exact) mass is 191 g/mol. The first kappa shape index (κ1) is 11.3. The summed E-state index contributed by atoms with van der Waals surface area (Å²) in [6, 6.07) is 11.5. The van der Waals surface area contributed by atoms with Gasteiger partial charge in [0, 0.05) is 6.04 Å². The third-order valence-corrected chi connectivity index (χ3v) is 2.75. The van der Waals surface area contributed by atoms with Crippen LogP contribution in [0.3, 0.4) is 0 Å². The Labute approximate surface area is 87.7 Å². The molecule has 0 amide bonds. The van der Waals surface area contributed by atoms with E-state index in [2.05, 4.69) is 42.3 Å². The Morgan fingerprint density at radius 3 is 2.29 bits per heavy atom. The smallest absolute Gasteiger partial charge is 0.0145 e. The summed E-state index contributed by atoms with van der Waals surface area (Å²) >= 11 is 0. The fraction of sp³-hybridized carbons (Fsp3) is 0.538. The van der Waals surface area contributed by atoms with Gasteiger partial charge in [0.1, 0.15) is 0 Å². The molecule has 1 aromatic carbocycles. The lowest BCUT2D eigenvalue weighted by molar-refractivity contribution is 0.127. The average Bonchev–Trinajstić information content (AvgIpc) is 2.28. The Hall–Kier alpha value is -0.820. The van der Waals surface area contributed by atoms with Gasteiger partial charge in [0.05, 0.1) is 0 Å². The van der Waals surface area contributed by atoms with Crippen LogP contribution in [0.2, 0.25) is 0 Å². The van der Waals surface area contributed by atoms with Crippen LogP contribution in [0.15, 0.2) is 30.3 Å². The van der Waals surface area contributed by atoms with Crippen LogP contribution in [0, 0.1) is 0 Å². The van der Waals surface area contributed by atoms with Gasteiger partial charge in [0.2, 0.25) is 0 Å². The maximum absolute atomic E-state index is 2.42. The summed E-state index contributed by atoms with van der Waals surface area (Å²) in [4.78, 5) is 2.42. The average molecular weight is 191 g/mol. The van der Waals surface area contributed by atoms with Crippen LogP contribution in [-0.4, -0.2) is 24.5 Å². The van der Waals surface area contributed by atoms with Gasteiger partial charge in [-0.05, 0) is 32.0 Å². The number of benzene rings is 1. The van der Waals surface area contributed by atoms with Gasteiger partial charge in [-0.2, -0.15) is 0 Å². The molecule has 1 saturated heterocycles. The van der Waals surface area contributed by atoms with E-state index in [-0.39, 0.29) is 0 Å². The summed E-state index contributed by atoms with van der Waals surface area (Å²) in [6.07, 6.45) is 2.59. The first-order chi connectivity index (χ1) is 6.86. The third-order valence-electron chi connectivity index (χ3n) is 2.75. The van der Waals surface area contributed by atoms with Crippen LogP contribution in [0.25, 0.3) is 0 Å². The predicted octanol–water partition coefficient (Wildman–Crippen LogP) is 2.96. The zero-order valence-corrected chi connectivity index (χ0v) is 9.53. The van der Waals surface area contributed by atoms with Crippen molar-refractivity contribution in [3.05, 3.63) is 35.9 Å². The molecule has 1 fully saturated rings. The minimum absolute atomic E-state index is 0.799. The van der Waals surface area contributed by atoms with E-state index < -0.39 is 0 Å². The van der Waals surface area contributed by atoms with Crippen LogP contribution in [0.1, 0.15) is 25.8 Å². The van der Waals surface area contributed by atoms with Gasteiger partial charge >= 0.3 is 0 Å². The predicted molar refractivity (Wildman–Crippen MR) is 62.5 cm³/mol. The SMILES string of the molecule is CC.CN1CCC1Cc1ccccc1. The quantitative estimate of drug-likeness (QED) is 0.694. The summed E-state index contributed by atoms with van der Waals surface area (Å²) in [5.41, 5.74) is 1.47. The highest BCUT2D eigenvalue weighted by Gasteiger charge is 2.23. The first-order valence-electron chi connectivity index (χ1n) is 5.60. The number of rotatable bonds is 2. The minimum Gasteiger partial charge on any atom is -0.303 e. The van der Waals surface area contributed by atoms with Crippen molar-refractivity contribution in [2.75, 3.05) is 13.6 Å². The van der Waals surface area contributed by atoms with E-state index in [1.165, 1.54) is 24.9 Å². The molecular weight excluding hydrogens is 170 g/mol. The molecule has 0 saturated carbocycles. The largest absolute Gasteiger partial charge is 0.303 e. The molecule has 0 bridgehead atoms. The number of hydrogen-bond donors (Lipinski definition) is 0. The topological polar surface area (TPSA) is 3.24 Å². The molecular formula is C13H21N. The standard InChI is InChI=1S/C11H15N.C2H6/c1-12-8-7-11(12)9-10-5-3-2-4-6-10;1-2/h2-6,11H,7-9H2,1H3;1-2H3. The van der Waals surface area contributed by atoms with Gasteiger partial charge in [0.25, 0.3) is 0 Å². The van der Waals surface area contributed by atoms with E-state index in [0.29, 0.717) is 0 Å². The van der Waals surface area contributed by atoms with Gasteiger partial charge in [-0.1, -0.05) is 44.2 Å². The molecule has 1 aromatic rings. The summed E-state index contributed by atoms with van der Waals surface area (Å²) in [7, 11) is 2.21. The van der Waals surface area contributed by atoms with Crippen molar-refractivity contribution in [2.45, 2.75) is 32.7 Å². The van der Waals surface area contributed by atoms with Crippen LogP contribution < -0.4 is 0 Å². The van der Waals surface area contributed by atoms with Gasteiger partial charge in [-0.15, -0.1) is 0 Å². The molecule has 1 aliphatic heterocycles. The minimum atomic E-state index is 0.799. The normalized spacial score (nSPS) is 20.6. The highest BCUT2D eigenvalue weighted by atomic mass is 15.2. The maximum atomic E-state index is 2.42. The van der Waals surface area contributed by atoms with Crippen molar-refractivity contribution >= 4 is 0 Å². The van der Waals surface area contributed by atoms with E-state index in [1.54, 1.807) is 0 Å². The van der Waals surface area contributed by atoms with Crippen molar-refractivity contribution < 1.29 is 0 Å². The molecule has 1 heteroatoms. The molecule has 1 aliphatic rings. The zero-order valence-electron chi connectivity index (χ0n) is 9.53. The molecule has 1 heterocycles. The van der Waals surface area contributed by atoms with E-state index in [4.69, 9.17) is 0 Å². The number of nitrogens with zero attached hydrogens (tertiary/aromatic N) is 1. The van der Waals surface area contributed by atoms with Gasteiger partial charge < -0.3 is 4.90 Å². The van der Waals surface area contributed by atoms with E-state index in [0.717, 1.165) is 6.04 Å². The first-order valence-corrected chi connectivity index (χ1v) is 5.60. The van der Waals surface area contributed by atoms with Gasteiger partial charge in [-0.25, -0.2) is 0 Å². The highest BCUT2D eigenvalue weighted by Crippen LogP contribution is 2.18. The molecule has 0 aromatic heterocycles. The molecule has 1 unspecified atom stereocenters. The second kappa shape index (κ2) is 5.82. The lowest BCUT2D eigenvalue weighted by Crippen LogP contribution is -2.45. The molecule has 0 spiro atoms.